The highest BCUT2D eigenvalue weighted by molar-refractivity contribution is 6.01. The van der Waals surface area contributed by atoms with E-state index >= 15 is 0 Å². The molecule has 0 aromatic heterocycles. The Bertz CT molecular complexity index is 1330. The first kappa shape index (κ1) is 24.6. The average Bonchev–Trinajstić information content (AvgIpc) is 2.99. The summed E-state index contributed by atoms with van der Waals surface area (Å²) in [4.78, 5) is 29.0. The molecule has 0 saturated carbocycles. The van der Waals surface area contributed by atoms with Crippen LogP contribution in [-0.4, -0.2) is 29.9 Å². The number of para-hydroxylation sites is 2. The molecule has 5 rings (SSSR count). The summed E-state index contributed by atoms with van der Waals surface area (Å²) in [6, 6.07) is 24.6. The van der Waals surface area contributed by atoms with E-state index in [2.05, 4.69) is 29.4 Å². The number of aromatic hydroxyl groups is 1. The van der Waals surface area contributed by atoms with Gasteiger partial charge in [-0.2, -0.15) is 0 Å². The van der Waals surface area contributed by atoms with Crippen LogP contribution in [0.2, 0.25) is 0 Å². The predicted molar refractivity (Wildman–Crippen MR) is 146 cm³/mol. The number of Topliss-reactive ketones (excluding diaryl/α,β-unsaturated/α-hetero) is 1. The van der Waals surface area contributed by atoms with Crippen molar-refractivity contribution in [3.8, 4) is 5.75 Å². The van der Waals surface area contributed by atoms with Gasteiger partial charge in [0.2, 0.25) is 5.91 Å². The van der Waals surface area contributed by atoms with Gasteiger partial charge in [0.05, 0.1) is 24.0 Å². The lowest BCUT2D eigenvalue weighted by atomic mass is 9.73. The number of rotatable bonds is 6. The van der Waals surface area contributed by atoms with Crippen LogP contribution >= 0.6 is 0 Å². The largest absolute Gasteiger partial charge is 0.508 e. The fraction of sp³-hybridized carbons (Fsp3) is 0.290. The summed E-state index contributed by atoms with van der Waals surface area (Å²) in [5, 5.41) is 16.1. The molecule has 0 radical (unpaired) electrons. The third-order valence-corrected chi connectivity index (χ3v) is 7.11. The van der Waals surface area contributed by atoms with Crippen molar-refractivity contribution >= 4 is 23.1 Å². The Hall–Kier alpha value is -4.06. The molecule has 6 nitrogen and oxygen atoms in total. The number of phenols is 1. The van der Waals surface area contributed by atoms with Crippen LogP contribution in [0.15, 0.2) is 90.1 Å². The van der Waals surface area contributed by atoms with Crippen LogP contribution in [0.3, 0.4) is 0 Å². The summed E-state index contributed by atoms with van der Waals surface area (Å²) >= 11 is 0. The molecule has 1 amide bonds. The molecular weight excluding hydrogens is 462 g/mol. The van der Waals surface area contributed by atoms with Gasteiger partial charge < -0.3 is 20.6 Å². The van der Waals surface area contributed by atoms with Crippen LogP contribution in [0.1, 0.15) is 43.9 Å². The van der Waals surface area contributed by atoms with Gasteiger partial charge in [-0.15, -0.1) is 0 Å². The lowest BCUT2D eigenvalue weighted by molar-refractivity contribution is -0.120. The molecule has 3 aromatic rings. The Labute approximate surface area is 218 Å². The number of hydrogen-bond donors (Lipinski definition) is 3. The zero-order chi connectivity index (χ0) is 26.0. The molecule has 0 fully saturated rings. The second-order valence-corrected chi connectivity index (χ2v) is 10.7. The third kappa shape index (κ3) is 5.38. The van der Waals surface area contributed by atoms with E-state index < -0.39 is 0 Å². The summed E-state index contributed by atoms with van der Waals surface area (Å²) in [6.45, 7) is 4.85. The first-order chi connectivity index (χ1) is 17.8. The Morgan fingerprint density at radius 1 is 1.00 bits per heavy atom. The molecule has 190 valence electrons. The zero-order valence-electron chi connectivity index (χ0n) is 21.3. The fourth-order valence-corrected chi connectivity index (χ4v) is 5.43. The fourth-order valence-electron chi connectivity index (χ4n) is 5.43. The van der Waals surface area contributed by atoms with Gasteiger partial charge in [-0.05, 0) is 53.6 Å². The molecule has 6 heteroatoms. The van der Waals surface area contributed by atoms with Gasteiger partial charge in [-0.3, -0.25) is 9.59 Å². The number of hydrogen-bond acceptors (Lipinski definition) is 5. The van der Waals surface area contributed by atoms with Gasteiger partial charge in [0.1, 0.15) is 5.75 Å². The maximum Gasteiger partial charge on any atom is 0.239 e. The van der Waals surface area contributed by atoms with Crippen molar-refractivity contribution in [2.45, 2.75) is 39.2 Å². The monoisotopic (exact) mass is 495 g/mol. The van der Waals surface area contributed by atoms with Crippen LogP contribution in [0.4, 0.5) is 11.4 Å². The molecular formula is C31H33N3O3. The number of phenolic OH excluding ortho intramolecular Hbond substituents is 1. The lowest BCUT2D eigenvalue weighted by Gasteiger charge is -2.37. The van der Waals surface area contributed by atoms with Gasteiger partial charge in [0.25, 0.3) is 0 Å². The summed E-state index contributed by atoms with van der Waals surface area (Å²) in [5.41, 5.74) is 5.37. The van der Waals surface area contributed by atoms with Crippen molar-refractivity contribution in [1.82, 2.24) is 5.32 Å². The van der Waals surface area contributed by atoms with Crippen molar-refractivity contribution in [3.63, 3.8) is 0 Å². The Balaban J connectivity index is 1.48. The number of anilines is 2. The second-order valence-electron chi connectivity index (χ2n) is 10.7. The molecule has 2 aliphatic rings. The van der Waals surface area contributed by atoms with E-state index in [4.69, 9.17) is 0 Å². The van der Waals surface area contributed by atoms with E-state index in [0.717, 1.165) is 40.2 Å². The summed E-state index contributed by atoms with van der Waals surface area (Å²) < 4.78 is 0. The SMILES string of the molecule is CC1(C)CC(=O)C2=C(C1)Nc1ccccc1N(CC(=O)NCCc1ccc(O)cc1)C2c1ccccc1. The average molecular weight is 496 g/mol. The molecule has 0 bridgehead atoms. The van der Waals surface area contributed by atoms with Crippen molar-refractivity contribution in [1.29, 1.82) is 0 Å². The number of allylic oxidation sites excluding steroid dienone is 1. The normalized spacial score (nSPS) is 18.4. The highest BCUT2D eigenvalue weighted by Gasteiger charge is 2.41. The molecule has 1 heterocycles. The smallest absolute Gasteiger partial charge is 0.239 e. The Morgan fingerprint density at radius 3 is 2.46 bits per heavy atom. The molecule has 37 heavy (non-hydrogen) atoms. The molecule has 1 unspecified atom stereocenters. The molecule has 0 saturated heterocycles. The van der Waals surface area contributed by atoms with E-state index in [9.17, 15) is 14.7 Å². The predicted octanol–water partition coefficient (Wildman–Crippen LogP) is 5.37. The Morgan fingerprint density at radius 2 is 1.70 bits per heavy atom. The number of ketones is 1. The number of amides is 1. The number of nitrogens with zero attached hydrogens (tertiary/aromatic N) is 1. The number of benzene rings is 3. The highest BCUT2D eigenvalue weighted by atomic mass is 16.3. The molecule has 3 N–H and O–H groups in total. The van der Waals surface area contributed by atoms with Crippen LogP contribution < -0.4 is 15.5 Å². The number of carbonyl (C=O) groups excluding carboxylic acids is 2. The zero-order valence-corrected chi connectivity index (χ0v) is 21.3. The van der Waals surface area contributed by atoms with E-state index in [1.165, 1.54) is 0 Å². The lowest BCUT2D eigenvalue weighted by Crippen LogP contribution is -2.42. The minimum Gasteiger partial charge on any atom is -0.508 e. The van der Waals surface area contributed by atoms with E-state index in [1.54, 1.807) is 12.1 Å². The molecule has 1 atom stereocenters. The van der Waals surface area contributed by atoms with Crippen molar-refractivity contribution in [2.24, 2.45) is 5.41 Å². The van der Waals surface area contributed by atoms with Crippen LogP contribution in [0, 0.1) is 5.41 Å². The molecule has 0 spiro atoms. The Kier molecular flexibility index (Phi) is 6.74. The maximum atomic E-state index is 13.7. The minimum atomic E-state index is -0.376. The first-order valence-corrected chi connectivity index (χ1v) is 12.8. The van der Waals surface area contributed by atoms with E-state index in [0.29, 0.717) is 19.4 Å². The second kappa shape index (κ2) is 10.1. The van der Waals surface area contributed by atoms with Crippen LogP contribution in [0.5, 0.6) is 5.75 Å². The highest BCUT2D eigenvalue weighted by Crippen LogP contribution is 2.48. The van der Waals surface area contributed by atoms with E-state index in [-0.39, 0.29) is 35.4 Å². The molecule has 1 aliphatic carbocycles. The van der Waals surface area contributed by atoms with Gasteiger partial charge in [0.15, 0.2) is 5.78 Å². The molecule has 1 aliphatic heterocycles. The summed E-state index contributed by atoms with van der Waals surface area (Å²) in [6.07, 6.45) is 1.90. The maximum absolute atomic E-state index is 13.7. The number of nitrogens with one attached hydrogen (secondary N) is 2. The van der Waals surface area contributed by atoms with E-state index in [1.807, 2.05) is 66.7 Å². The third-order valence-electron chi connectivity index (χ3n) is 7.11. The first-order valence-electron chi connectivity index (χ1n) is 12.8. The number of carbonyl (C=O) groups is 2. The summed E-state index contributed by atoms with van der Waals surface area (Å²) in [5.74, 6) is 0.239. The minimum absolute atomic E-state index is 0.109. The quantitative estimate of drug-likeness (QED) is 0.429. The van der Waals surface area contributed by atoms with Gasteiger partial charge in [0, 0.05) is 24.2 Å². The standard InChI is InChI=1S/C31H33N3O3/c1-31(2)18-25-29(27(36)19-31)30(22-8-4-3-5-9-22)34(26-11-7-6-10-24(26)33-25)20-28(37)32-17-16-21-12-14-23(35)15-13-21/h3-15,30,33,35H,16-20H2,1-2H3,(H,32,37). The molecule has 3 aromatic carbocycles. The van der Waals surface area contributed by atoms with Gasteiger partial charge in [-0.1, -0.05) is 68.4 Å². The van der Waals surface area contributed by atoms with Crippen molar-refractivity contribution in [2.75, 3.05) is 23.3 Å². The van der Waals surface area contributed by atoms with Crippen molar-refractivity contribution < 1.29 is 14.7 Å². The van der Waals surface area contributed by atoms with Gasteiger partial charge >= 0.3 is 0 Å². The van der Waals surface area contributed by atoms with Crippen LogP contribution in [-0.2, 0) is 16.0 Å². The number of fused-ring (bicyclic) bond motifs is 1. The topological polar surface area (TPSA) is 81.7 Å². The summed E-state index contributed by atoms with van der Waals surface area (Å²) in [7, 11) is 0. The van der Waals surface area contributed by atoms with Gasteiger partial charge in [-0.25, -0.2) is 0 Å². The van der Waals surface area contributed by atoms with Crippen molar-refractivity contribution in [3.05, 3.63) is 101 Å². The van der Waals surface area contributed by atoms with Crippen LogP contribution in [0.25, 0.3) is 0 Å².